The van der Waals surface area contributed by atoms with Crippen molar-refractivity contribution in [1.82, 2.24) is 10.2 Å². The molecular formula is C23H30N2O2. The molecule has 4 nitrogen and oxygen atoms in total. The van der Waals surface area contributed by atoms with Gasteiger partial charge in [-0.05, 0) is 62.5 Å². The molecule has 2 aromatic rings. The Morgan fingerprint density at radius 1 is 1.00 bits per heavy atom. The van der Waals surface area contributed by atoms with Crippen molar-refractivity contribution in [2.45, 2.75) is 38.3 Å². The van der Waals surface area contributed by atoms with Gasteiger partial charge in [-0.15, -0.1) is 0 Å². The Kier molecular flexibility index (Phi) is 5.95. The Bertz CT molecular complexity index is 726. The van der Waals surface area contributed by atoms with Crippen molar-refractivity contribution < 1.29 is 9.47 Å². The third kappa shape index (κ3) is 4.82. The molecule has 1 atom stereocenters. The molecule has 4 heteroatoms. The van der Waals surface area contributed by atoms with Gasteiger partial charge >= 0.3 is 0 Å². The zero-order chi connectivity index (χ0) is 18.5. The van der Waals surface area contributed by atoms with Crippen molar-refractivity contribution in [3.8, 4) is 11.5 Å². The van der Waals surface area contributed by atoms with Crippen LogP contribution in [-0.2, 0) is 6.42 Å². The van der Waals surface area contributed by atoms with Crippen LogP contribution in [0.15, 0.2) is 48.5 Å². The van der Waals surface area contributed by atoms with Gasteiger partial charge in [-0.2, -0.15) is 0 Å². The molecule has 1 N–H and O–H groups in total. The van der Waals surface area contributed by atoms with Gasteiger partial charge in [0.2, 0.25) is 0 Å². The molecule has 0 amide bonds. The number of benzene rings is 2. The van der Waals surface area contributed by atoms with Gasteiger partial charge < -0.3 is 19.7 Å². The van der Waals surface area contributed by atoms with Crippen LogP contribution < -0.4 is 14.8 Å². The van der Waals surface area contributed by atoms with E-state index >= 15 is 0 Å². The molecule has 0 spiro atoms. The van der Waals surface area contributed by atoms with E-state index in [4.69, 9.17) is 9.47 Å². The quantitative estimate of drug-likeness (QED) is 0.843. The third-order valence-electron chi connectivity index (χ3n) is 5.70. The predicted molar refractivity (Wildman–Crippen MR) is 109 cm³/mol. The minimum atomic E-state index is 0.321. The second kappa shape index (κ2) is 8.77. The maximum atomic E-state index is 5.72. The molecule has 0 aromatic heterocycles. The summed E-state index contributed by atoms with van der Waals surface area (Å²) in [6.45, 7) is 7.04. The highest BCUT2D eigenvalue weighted by Crippen LogP contribution is 2.32. The van der Waals surface area contributed by atoms with Crippen molar-refractivity contribution in [2.24, 2.45) is 0 Å². The Labute approximate surface area is 162 Å². The van der Waals surface area contributed by atoms with Crippen LogP contribution in [0.2, 0.25) is 0 Å². The molecule has 0 radical (unpaired) electrons. The molecule has 2 aliphatic heterocycles. The molecule has 0 saturated carbocycles. The Morgan fingerprint density at radius 2 is 1.74 bits per heavy atom. The van der Waals surface area contributed by atoms with E-state index in [1.807, 2.05) is 6.07 Å². The van der Waals surface area contributed by atoms with Gasteiger partial charge in [0.05, 0.1) is 0 Å². The van der Waals surface area contributed by atoms with Crippen molar-refractivity contribution in [3.63, 3.8) is 0 Å². The predicted octanol–water partition coefficient (Wildman–Crippen LogP) is 3.82. The van der Waals surface area contributed by atoms with E-state index in [9.17, 15) is 0 Å². The zero-order valence-electron chi connectivity index (χ0n) is 16.2. The lowest BCUT2D eigenvalue weighted by Gasteiger charge is -2.34. The fraction of sp³-hybridized carbons (Fsp3) is 0.478. The summed E-state index contributed by atoms with van der Waals surface area (Å²) in [4.78, 5) is 2.60. The third-order valence-corrected chi connectivity index (χ3v) is 5.70. The average Bonchev–Trinajstić information content (AvgIpc) is 2.73. The zero-order valence-corrected chi connectivity index (χ0v) is 16.2. The summed E-state index contributed by atoms with van der Waals surface area (Å²) >= 11 is 0. The summed E-state index contributed by atoms with van der Waals surface area (Å²) in [6, 6.07) is 18.0. The normalized spacial score (nSPS) is 19.0. The summed E-state index contributed by atoms with van der Waals surface area (Å²) in [7, 11) is 0. The molecule has 0 bridgehead atoms. The largest absolute Gasteiger partial charge is 0.486 e. The highest BCUT2D eigenvalue weighted by molar-refractivity contribution is 5.44. The van der Waals surface area contributed by atoms with Crippen LogP contribution in [0.3, 0.4) is 0 Å². The Hall–Kier alpha value is -2.04. The fourth-order valence-electron chi connectivity index (χ4n) is 4.03. The molecule has 1 unspecified atom stereocenters. The fourth-order valence-corrected chi connectivity index (χ4v) is 4.03. The monoisotopic (exact) mass is 366 g/mol. The van der Waals surface area contributed by atoms with Gasteiger partial charge in [0, 0.05) is 18.6 Å². The molecule has 2 aromatic carbocycles. The van der Waals surface area contributed by atoms with Crippen molar-refractivity contribution in [1.29, 1.82) is 0 Å². The number of nitrogens with one attached hydrogen (secondary N) is 1. The molecular weight excluding hydrogens is 336 g/mol. The smallest absolute Gasteiger partial charge is 0.161 e. The average molecular weight is 367 g/mol. The lowest BCUT2D eigenvalue weighted by Crippen LogP contribution is -2.43. The number of hydrogen-bond donors (Lipinski definition) is 1. The SMILES string of the molecule is CC(NC1CCN(CCc2ccccc2)CC1)c1ccc2c(c1)OCCO2. The number of fused-ring (bicyclic) bond motifs is 1. The maximum Gasteiger partial charge on any atom is 0.161 e. The minimum Gasteiger partial charge on any atom is -0.486 e. The van der Waals surface area contributed by atoms with Crippen molar-refractivity contribution >= 4 is 0 Å². The van der Waals surface area contributed by atoms with Crippen LogP contribution in [0.25, 0.3) is 0 Å². The summed E-state index contributed by atoms with van der Waals surface area (Å²) in [6.07, 6.45) is 3.57. The number of rotatable bonds is 6. The van der Waals surface area contributed by atoms with E-state index in [0.717, 1.165) is 24.5 Å². The van der Waals surface area contributed by atoms with E-state index in [-0.39, 0.29) is 0 Å². The van der Waals surface area contributed by atoms with Gasteiger partial charge in [-0.3, -0.25) is 0 Å². The van der Waals surface area contributed by atoms with E-state index in [1.54, 1.807) is 0 Å². The lowest BCUT2D eigenvalue weighted by molar-refractivity contribution is 0.171. The summed E-state index contributed by atoms with van der Waals surface area (Å²) in [5, 5.41) is 3.81. The molecule has 0 aliphatic carbocycles. The van der Waals surface area contributed by atoms with Gasteiger partial charge in [-0.25, -0.2) is 0 Å². The van der Waals surface area contributed by atoms with Crippen LogP contribution in [0.1, 0.15) is 36.9 Å². The van der Waals surface area contributed by atoms with Crippen LogP contribution in [0, 0.1) is 0 Å². The second-order valence-corrected chi connectivity index (χ2v) is 7.64. The van der Waals surface area contributed by atoms with Gasteiger partial charge in [0.15, 0.2) is 11.5 Å². The maximum absolute atomic E-state index is 5.72. The number of piperidine rings is 1. The van der Waals surface area contributed by atoms with Crippen LogP contribution >= 0.6 is 0 Å². The summed E-state index contributed by atoms with van der Waals surface area (Å²) in [5.41, 5.74) is 2.70. The number of ether oxygens (including phenoxy) is 2. The molecule has 1 saturated heterocycles. The topological polar surface area (TPSA) is 33.7 Å². The van der Waals surface area contributed by atoms with E-state index < -0.39 is 0 Å². The van der Waals surface area contributed by atoms with E-state index in [1.165, 1.54) is 37.1 Å². The Balaban J connectivity index is 1.24. The van der Waals surface area contributed by atoms with E-state index in [2.05, 4.69) is 59.6 Å². The van der Waals surface area contributed by atoms with Crippen molar-refractivity contribution in [3.05, 3.63) is 59.7 Å². The molecule has 1 fully saturated rings. The number of likely N-dealkylation sites (tertiary alicyclic amines) is 1. The van der Waals surface area contributed by atoms with Crippen LogP contribution in [0.4, 0.5) is 0 Å². The standard InChI is InChI=1S/C23H30N2O2/c1-18(20-7-8-22-23(17-20)27-16-15-26-22)24-21-10-13-25(14-11-21)12-9-19-5-3-2-4-6-19/h2-8,17-18,21,24H,9-16H2,1H3. The first-order valence-electron chi connectivity index (χ1n) is 10.2. The second-order valence-electron chi connectivity index (χ2n) is 7.64. The van der Waals surface area contributed by atoms with Crippen molar-refractivity contribution in [2.75, 3.05) is 32.8 Å². The number of nitrogens with zero attached hydrogens (tertiary/aromatic N) is 1. The highest BCUT2D eigenvalue weighted by atomic mass is 16.6. The number of hydrogen-bond acceptors (Lipinski definition) is 4. The van der Waals surface area contributed by atoms with E-state index in [0.29, 0.717) is 25.3 Å². The van der Waals surface area contributed by atoms with Gasteiger partial charge in [0.1, 0.15) is 13.2 Å². The lowest BCUT2D eigenvalue weighted by atomic mass is 10.0. The van der Waals surface area contributed by atoms with Gasteiger partial charge in [0.25, 0.3) is 0 Å². The first-order chi connectivity index (χ1) is 13.3. The van der Waals surface area contributed by atoms with Crippen LogP contribution in [0.5, 0.6) is 11.5 Å². The highest BCUT2D eigenvalue weighted by Gasteiger charge is 2.21. The molecule has 27 heavy (non-hydrogen) atoms. The molecule has 4 rings (SSSR count). The Morgan fingerprint density at radius 3 is 2.52 bits per heavy atom. The minimum absolute atomic E-state index is 0.321. The van der Waals surface area contributed by atoms with Gasteiger partial charge in [-0.1, -0.05) is 36.4 Å². The van der Waals surface area contributed by atoms with Crippen LogP contribution in [-0.4, -0.2) is 43.8 Å². The molecule has 2 heterocycles. The molecule has 144 valence electrons. The summed E-state index contributed by atoms with van der Waals surface area (Å²) in [5.74, 6) is 1.74. The molecule has 2 aliphatic rings. The first kappa shape index (κ1) is 18.3. The summed E-state index contributed by atoms with van der Waals surface area (Å²) < 4.78 is 11.3. The first-order valence-corrected chi connectivity index (χ1v) is 10.2.